The number of benzene rings is 2. The summed E-state index contributed by atoms with van der Waals surface area (Å²) in [6, 6.07) is 12.3. The van der Waals surface area contributed by atoms with Crippen LogP contribution in [-0.2, 0) is 0 Å². The van der Waals surface area contributed by atoms with Crippen LogP contribution in [0.1, 0.15) is 5.56 Å². The fourth-order valence-electron chi connectivity index (χ4n) is 1.82. The van der Waals surface area contributed by atoms with Crippen molar-refractivity contribution in [2.24, 2.45) is 0 Å². The maximum atomic E-state index is 10.8. The summed E-state index contributed by atoms with van der Waals surface area (Å²) in [6.45, 7) is 2.34. The fraction of sp³-hybridized carbons (Fsp3) is 0.200. The van der Waals surface area contributed by atoms with E-state index in [0.717, 1.165) is 10.2 Å². The van der Waals surface area contributed by atoms with Crippen LogP contribution >= 0.6 is 15.9 Å². The molecule has 5 nitrogen and oxygen atoms in total. The standard InChI is InChI=1S/C15H14BrNO4/c1-11-14(17(18)19)6-3-7-15(11)21-9-8-20-13-5-2-4-12(16)10-13/h2-7,10H,8-9H2,1H3. The Balaban J connectivity index is 1.89. The first kappa shape index (κ1) is 15.3. The van der Waals surface area contributed by atoms with E-state index in [2.05, 4.69) is 15.9 Å². The molecule has 0 fully saturated rings. The molecule has 0 bridgehead atoms. The van der Waals surface area contributed by atoms with E-state index in [1.165, 1.54) is 6.07 Å². The maximum Gasteiger partial charge on any atom is 0.276 e. The zero-order valence-electron chi connectivity index (χ0n) is 11.4. The molecule has 2 aromatic rings. The second-order valence-corrected chi connectivity index (χ2v) is 5.23. The predicted molar refractivity (Wildman–Crippen MR) is 83.0 cm³/mol. The lowest BCUT2D eigenvalue weighted by molar-refractivity contribution is -0.385. The molecule has 0 amide bonds. The van der Waals surface area contributed by atoms with Gasteiger partial charge in [0.05, 0.1) is 10.5 Å². The van der Waals surface area contributed by atoms with E-state index >= 15 is 0 Å². The minimum atomic E-state index is -0.416. The largest absolute Gasteiger partial charge is 0.490 e. The summed E-state index contributed by atoms with van der Waals surface area (Å²) in [5, 5.41) is 10.8. The molecule has 0 aromatic heterocycles. The van der Waals surface area contributed by atoms with Crippen molar-refractivity contribution in [2.45, 2.75) is 6.92 Å². The van der Waals surface area contributed by atoms with E-state index in [4.69, 9.17) is 9.47 Å². The van der Waals surface area contributed by atoms with Crippen LogP contribution in [0.3, 0.4) is 0 Å². The molecule has 0 aliphatic carbocycles. The highest BCUT2D eigenvalue weighted by molar-refractivity contribution is 9.10. The van der Waals surface area contributed by atoms with Crippen molar-refractivity contribution in [1.82, 2.24) is 0 Å². The molecule has 0 aliphatic heterocycles. The molecular formula is C15H14BrNO4. The number of nitro groups is 1. The predicted octanol–water partition coefficient (Wildman–Crippen LogP) is 4.12. The van der Waals surface area contributed by atoms with Gasteiger partial charge < -0.3 is 9.47 Å². The van der Waals surface area contributed by atoms with Crippen LogP contribution in [0.5, 0.6) is 11.5 Å². The van der Waals surface area contributed by atoms with Gasteiger partial charge in [0, 0.05) is 10.5 Å². The first-order valence-electron chi connectivity index (χ1n) is 6.33. The molecule has 0 heterocycles. The van der Waals surface area contributed by atoms with Crippen LogP contribution in [-0.4, -0.2) is 18.1 Å². The van der Waals surface area contributed by atoms with E-state index in [0.29, 0.717) is 24.5 Å². The van der Waals surface area contributed by atoms with Crippen molar-refractivity contribution >= 4 is 21.6 Å². The number of hydrogen-bond donors (Lipinski definition) is 0. The number of rotatable bonds is 6. The molecule has 0 aliphatic rings. The minimum absolute atomic E-state index is 0.0559. The number of halogens is 1. The summed E-state index contributed by atoms with van der Waals surface area (Å²) in [7, 11) is 0. The lowest BCUT2D eigenvalue weighted by Gasteiger charge is -2.10. The molecule has 0 unspecified atom stereocenters. The van der Waals surface area contributed by atoms with Gasteiger partial charge in [-0.15, -0.1) is 0 Å². The van der Waals surface area contributed by atoms with E-state index in [1.54, 1.807) is 19.1 Å². The Morgan fingerprint density at radius 3 is 2.57 bits per heavy atom. The van der Waals surface area contributed by atoms with Crippen LogP contribution in [0, 0.1) is 17.0 Å². The van der Waals surface area contributed by atoms with Gasteiger partial charge in [-0.25, -0.2) is 0 Å². The number of hydrogen-bond acceptors (Lipinski definition) is 4. The summed E-state index contributed by atoms with van der Waals surface area (Å²) >= 11 is 3.36. The Morgan fingerprint density at radius 2 is 1.86 bits per heavy atom. The van der Waals surface area contributed by atoms with E-state index in [1.807, 2.05) is 24.3 Å². The summed E-state index contributed by atoms with van der Waals surface area (Å²) in [6.07, 6.45) is 0. The van der Waals surface area contributed by atoms with E-state index in [-0.39, 0.29) is 5.69 Å². The normalized spacial score (nSPS) is 10.2. The number of nitrogens with zero attached hydrogens (tertiary/aromatic N) is 1. The smallest absolute Gasteiger partial charge is 0.276 e. The maximum absolute atomic E-state index is 10.8. The van der Waals surface area contributed by atoms with Gasteiger partial charge in [-0.2, -0.15) is 0 Å². The molecule has 0 saturated carbocycles. The number of nitro benzene ring substituents is 1. The van der Waals surface area contributed by atoms with Gasteiger partial charge in [-0.05, 0) is 31.2 Å². The molecule has 110 valence electrons. The molecule has 0 radical (unpaired) electrons. The molecule has 0 spiro atoms. The topological polar surface area (TPSA) is 61.6 Å². The first-order chi connectivity index (χ1) is 10.1. The molecule has 6 heteroatoms. The highest BCUT2D eigenvalue weighted by Gasteiger charge is 2.13. The van der Waals surface area contributed by atoms with Crippen molar-refractivity contribution in [2.75, 3.05) is 13.2 Å². The zero-order chi connectivity index (χ0) is 15.2. The third-order valence-electron chi connectivity index (χ3n) is 2.86. The summed E-state index contributed by atoms with van der Waals surface area (Å²) in [5.74, 6) is 1.24. The molecule has 0 N–H and O–H groups in total. The third kappa shape index (κ3) is 4.19. The SMILES string of the molecule is Cc1c(OCCOc2cccc(Br)c2)cccc1[N+](=O)[O-]. The lowest BCUT2D eigenvalue weighted by Crippen LogP contribution is -2.10. The van der Waals surface area contributed by atoms with Crippen molar-refractivity contribution in [1.29, 1.82) is 0 Å². The zero-order valence-corrected chi connectivity index (χ0v) is 13.0. The van der Waals surface area contributed by atoms with Gasteiger partial charge in [-0.3, -0.25) is 10.1 Å². The van der Waals surface area contributed by atoms with Crippen molar-refractivity contribution in [3.05, 3.63) is 62.6 Å². The van der Waals surface area contributed by atoms with Crippen LogP contribution in [0.15, 0.2) is 46.9 Å². The average Bonchev–Trinajstić information content (AvgIpc) is 2.45. The van der Waals surface area contributed by atoms with Crippen LogP contribution in [0.25, 0.3) is 0 Å². The second-order valence-electron chi connectivity index (χ2n) is 4.31. The Bertz CT molecular complexity index is 645. The summed E-state index contributed by atoms with van der Waals surface area (Å²) in [4.78, 5) is 10.4. The van der Waals surface area contributed by atoms with Crippen LogP contribution in [0.4, 0.5) is 5.69 Å². The molecule has 2 aromatic carbocycles. The Morgan fingerprint density at radius 1 is 1.14 bits per heavy atom. The van der Waals surface area contributed by atoms with Gasteiger partial charge in [0.1, 0.15) is 24.7 Å². The second kappa shape index (κ2) is 7.08. The Labute approximate surface area is 130 Å². The molecule has 21 heavy (non-hydrogen) atoms. The van der Waals surface area contributed by atoms with Gasteiger partial charge in [-0.1, -0.05) is 28.1 Å². The lowest BCUT2D eigenvalue weighted by atomic mass is 10.2. The Kier molecular flexibility index (Phi) is 5.16. The molecular weight excluding hydrogens is 338 g/mol. The first-order valence-corrected chi connectivity index (χ1v) is 7.12. The fourth-order valence-corrected chi connectivity index (χ4v) is 2.20. The van der Waals surface area contributed by atoms with E-state index < -0.39 is 4.92 Å². The minimum Gasteiger partial charge on any atom is -0.490 e. The van der Waals surface area contributed by atoms with Crippen LogP contribution < -0.4 is 9.47 Å². The molecule has 2 rings (SSSR count). The highest BCUT2D eigenvalue weighted by Crippen LogP contribution is 2.26. The quantitative estimate of drug-likeness (QED) is 0.446. The van der Waals surface area contributed by atoms with Gasteiger partial charge in [0.25, 0.3) is 5.69 Å². The average molecular weight is 352 g/mol. The van der Waals surface area contributed by atoms with E-state index in [9.17, 15) is 10.1 Å². The van der Waals surface area contributed by atoms with Crippen molar-refractivity contribution < 1.29 is 14.4 Å². The van der Waals surface area contributed by atoms with Crippen molar-refractivity contribution in [3.8, 4) is 11.5 Å². The monoisotopic (exact) mass is 351 g/mol. The van der Waals surface area contributed by atoms with Gasteiger partial charge >= 0.3 is 0 Å². The molecule has 0 atom stereocenters. The van der Waals surface area contributed by atoms with Crippen LogP contribution in [0.2, 0.25) is 0 Å². The molecule has 0 saturated heterocycles. The number of ether oxygens (including phenoxy) is 2. The summed E-state index contributed by atoms with van der Waals surface area (Å²) < 4.78 is 12.0. The summed E-state index contributed by atoms with van der Waals surface area (Å²) in [5.41, 5.74) is 0.574. The van der Waals surface area contributed by atoms with Gasteiger partial charge in [0.2, 0.25) is 0 Å². The highest BCUT2D eigenvalue weighted by atomic mass is 79.9. The van der Waals surface area contributed by atoms with Gasteiger partial charge in [0.15, 0.2) is 0 Å². The van der Waals surface area contributed by atoms with Crippen molar-refractivity contribution in [3.63, 3.8) is 0 Å². The Hall–Kier alpha value is -2.08. The third-order valence-corrected chi connectivity index (χ3v) is 3.35.